The Hall–Kier alpha value is -2.73. The van der Waals surface area contributed by atoms with Gasteiger partial charge < -0.3 is 5.32 Å². The summed E-state index contributed by atoms with van der Waals surface area (Å²) in [6, 6.07) is 15.9. The van der Waals surface area contributed by atoms with Crippen LogP contribution in [0.25, 0.3) is 11.4 Å². The summed E-state index contributed by atoms with van der Waals surface area (Å²) in [5.74, 6) is 0.560. The number of benzene rings is 2. The first-order chi connectivity index (χ1) is 12.5. The molecule has 0 aliphatic carbocycles. The van der Waals surface area contributed by atoms with Crippen LogP contribution in [-0.4, -0.2) is 20.7 Å². The summed E-state index contributed by atoms with van der Waals surface area (Å²) >= 11 is 5.32. The summed E-state index contributed by atoms with van der Waals surface area (Å²) < 4.78 is 2.16. The van der Waals surface area contributed by atoms with Crippen molar-refractivity contribution in [3.8, 4) is 11.4 Å². The fraction of sp³-hybridized carbons (Fsp3) is 0.250. The summed E-state index contributed by atoms with van der Waals surface area (Å²) in [6.07, 6.45) is 0. The van der Waals surface area contributed by atoms with Gasteiger partial charge in [-0.15, -0.1) is 0 Å². The van der Waals surface area contributed by atoms with Crippen LogP contribution in [0.2, 0.25) is 0 Å². The van der Waals surface area contributed by atoms with Crippen LogP contribution >= 0.6 is 12.2 Å². The molecule has 1 heterocycles. The lowest BCUT2D eigenvalue weighted by atomic mass is 10.0. The Kier molecular flexibility index (Phi) is 5.32. The highest BCUT2D eigenvalue weighted by molar-refractivity contribution is 7.71. The minimum atomic E-state index is -0.104. The quantitative estimate of drug-likeness (QED) is 0.668. The van der Waals surface area contributed by atoms with Gasteiger partial charge in [-0.25, -0.2) is 0 Å². The number of H-pyrrole nitrogens is 1. The Labute approximate surface area is 158 Å². The van der Waals surface area contributed by atoms with Gasteiger partial charge in [-0.3, -0.25) is 14.5 Å². The minimum absolute atomic E-state index is 0.0767. The Morgan fingerprint density at radius 2 is 2.00 bits per heavy atom. The number of nitrogens with one attached hydrogen (secondary N) is 2. The van der Waals surface area contributed by atoms with Gasteiger partial charge in [-0.05, 0) is 50.2 Å². The van der Waals surface area contributed by atoms with E-state index < -0.39 is 0 Å². The van der Waals surface area contributed by atoms with Crippen LogP contribution in [0.1, 0.15) is 29.7 Å². The summed E-state index contributed by atoms with van der Waals surface area (Å²) in [7, 11) is 0. The molecule has 0 saturated carbocycles. The van der Waals surface area contributed by atoms with Crippen molar-refractivity contribution in [3.05, 3.63) is 70.0 Å². The second-order valence-electron chi connectivity index (χ2n) is 6.45. The smallest absolute Gasteiger partial charge is 0.240 e. The number of aromatic nitrogens is 3. The third-order valence-electron chi connectivity index (χ3n) is 4.37. The van der Waals surface area contributed by atoms with Crippen LogP contribution in [0.5, 0.6) is 0 Å². The Morgan fingerprint density at radius 1 is 1.23 bits per heavy atom. The lowest BCUT2D eigenvalue weighted by Gasteiger charge is -2.17. The average Bonchev–Trinajstić information content (AvgIpc) is 2.96. The summed E-state index contributed by atoms with van der Waals surface area (Å²) in [6.45, 7) is 6.16. The number of amides is 1. The molecule has 1 amide bonds. The summed E-state index contributed by atoms with van der Waals surface area (Å²) in [5.41, 5.74) is 4.31. The number of nitrogens with zero attached hydrogens (tertiary/aromatic N) is 2. The largest absolute Gasteiger partial charge is 0.348 e. The molecule has 0 fully saturated rings. The first-order valence-electron chi connectivity index (χ1n) is 8.53. The minimum Gasteiger partial charge on any atom is -0.348 e. The average molecular weight is 366 g/mol. The zero-order valence-electron chi connectivity index (χ0n) is 15.1. The van der Waals surface area contributed by atoms with Gasteiger partial charge in [0.2, 0.25) is 5.91 Å². The van der Waals surface area contributed by atoms with Gasteiger partial charge in [-0.2, -0.15) is 5.10 Å². The second kappa shape index (κ2) is 7.66. The van der Waals surface area contributed by atoms with Crippen LogP contribution in [-0.2, 0) is 11.3 Å². The van der Waals surface area contributed by atoms with E-state index in [-0.39, 0.29) is 18.5 Å². The fourth-order valence-electron chi connectivity index (χ4n) is 3.05. The molecule has 26 heavy (non-hydrogen) atoms. The van der Waals surface area contributed by atoms with Crippen LogP contribution in [0.3, 0.4) is 0 Å². The fourth-order valence-corrected chi connectivity index (χ4v) is 3.25. The maximum atomic E-state index is 12.6. The molecule has 0 aliphatic rings. The number of aryl methyl sites for hydroxylation is 2. The number of carbonyl (C=O) groups is 1. The maximum absolute atomic E-state index is 12.6. The van der Waals surface area contributed by atoms with Crippen molar-refractivity contribution in [2.45, 2.75) is 33.4 Å². The number of aromatic amines is 1. The van der Waals surface area contributed by atoms with Crippen molar-refractivity contribution in [3.63, 3.8) is 0 Å². The monoisotopic (exact) mass is 366 g/mol. The number of hydrogen-bond donors (Lipinski definition) is 2. The van der Waals surface area contributed by atoms with Gasteiger partial charge in [0.15, 0.2) is 10.6 Å². The Balaban J connectivity index is 1.79. The Bertz CT molecular complexity index is 989. The molecule has 5 nitrogen and oxygen atoms in total. The lowest BCUT2D eigenvalue weighted by Crippen LogP contribution is -2.30. The molecular weight excluding hydrogens is 344 g/mol. The van der Waals surface area contributed by atoms with Crippen molar-refractivity contribution in [2.24, 2.45) is 0 Å². The molecule has 134 valence electrons. The van der Waals surface area contributed by atoms with E-state index in [1.807, 2.05) is 69.3 Å². The van der Waals surface area contributed by atoms with Crippen LogP contribution < -0.4 is 5.32 Å². The molecule has 0 bridgehead atoms. The molecule has 1 atom stereocenters. The van der Waals surface area contributed by atoms with Crippen molar-refractivity contribution in [2.75, 3.05) is 0 Å². The maximum Gasteiger partial charge on any atom is 0.240 e. The van der Waals surface area contributed by atoms with Gasteiger partial charge in [0, 0.05) is 5.56 Å². The van der Waals surface area contributed by atoms with Crippen molar-refractivity contribution < 1.29 is 4.79 Å². The van der Waals surface area contributed by atoms with Gasteiger partial charge in [0.1, 0.15) is 6.54 Å². The van der Waals surface area contributed by atoms with Crippen molar-refractivity contribution in [1.29, 1.82) is 0 Å². The molecule has 3 rings (SSSR count). The lowest BCUT2D eigenvalue weighted by molar-refractivity contribution is -0.122. The number of carbonyl (C=O) groups excluding carboxylic acids is 1. The molecule has 0 radical (unpaired) electrons. The first kappa shape index (κ1) is 18.1. The second-order valence-corrected chi connectivity index (χ2v) is 6.84. The van der Waals surface area contributed by atoms with E-state index in [0.29, 0.717) is 10.6 Å². The van der Waals surface area contributed by atoms with Gasteiger partial charge >= 0.3 is 0 Å². The van der Waals surface area contributed by atoms with E-state index in [2.05, 4.69) is 15.5 Å². The van der Waals surface area contributed by atoms with E-state index in [1.165, 1.54) is 0 Å². The van der Waals surface area contributed by atoms with Gasteiger partial charge in [0.05, 0.1) is 6.04 Å². The van der Waals surface area contributed by atoms with E-state index in [0.717, 1.165) is 22.3 Å². The predicted octanol–water partition coefficient (Wildman–Crippen LogP) is 4.10. The Morgan fingerprint density at radius 3 is 2.73 bits per heavy atom. The van der Waals surface area contributed by atoms with Crippen molar-refractivity contribution >= 4 is 18.1 Å². The molecule has 0 spiro atoms. The molecule has 0 aliphatic heterocycles. The van der Waals surface area contributed by atoms with E-state index in [4.69, 9.17) is 12.2 Å². The van der Waals surface area contributed by atoms with Gasteiger partial charge in [0.25, 0.3) is 0 Å². The van der Waals surface area contributed by atoms with E-state index in [9.17, 15) is 4.79 Å². The molecule has 1 unspecified atom stereocenters. The third-order valence-corrected chi connectivity index (χ3v) is 4.68. The first-order valence-corrected chi connectivity index (χ1v) is 8.93. The topological polar surface area (TPSA) is 62.7 Å². The summed E-state index contributed by atoms with van der Waals surface area (Å²) in [4.78, 5) is 12.6. The molecule has 3 aromatic rings. The highest BCUT2D eigenvalue weighted by Crippen LogP contribution is 2.19. The summed E-state index contributed by atoms with van der Waals surface area (Å²) in [5, 5.41) is 10.1. The van der Waals surface area contributed by atoms with Crippen LogP contribution in [0.4, 0.5) is 0 Å². The number of hydrogen-bond acceptors (Lipinski definition) is 3. The zero-order chi connectivity index (χ0) is 18.7. The highest BCUT2D eigenvalue weighted by atomic mass is 32.1. The third kappa shape index (κ3) is 3.91. The van der Waals surface area contributed by atoms with Crippen molar-refractivity contribution in [1.82, 2.24) is 20.1 Å². The SMILES string of the molecule is Cc1cccc(-c2n[nH]c(=S)n2CC(=O)NC(C)c2ccccc2C)c1. The molecular formula is C20H22N4OS. The highest BCUT2D eigenvalue weighted by Gasteiger charge is 2.15. The van der Waals surface area contributed by atoms with Gasteiger partial charge in [-0.1, -0.05) is 48.0 Å². The standard InChI is InChI=1S/C20H22N4OS/c1-13-7-6-9-16(11-13)19-22-23-20(26)24(19)12-18(25)21-15(3)17-10-5-4-8-14(17)2/h4-11,15H,12H2,1-3H3,(H,21,25)(H,23,26). The van der Waals surface area contributed by atoms with Crippen LogP contribution in [0, 0.1) is 18.6 Å². The molecule has 2 aromatic carbocycles. The molecule has 0 saturated heterocycles. The van der Waals surface area contributed by atoms with Crippen LogP contribution in [0.15, 0.2) is 48.5 Å². The predicted molar refractivity (Wildman–Crippen MR) is 105 cm³/mol. The normalized spacial score (nSPS) is 12.0. The molecule has 1 aromatic heterocycles. The van der Waals surface area contributed by atoms with E-state index >= 15 is 0 Å². The number of rotatable bonds is 5. The molecule has 6 heteroatoms. The molecule has 2 N–H and O–H groups in total. The van der Waals surface area contributed by atoms with E-state index in [1.54, 1.807) is 4.57 Å². The zero-order valence-corrected chi connectivity index (χ0v) is 15.9.